The Bertz CT molecular complexity index is 1170. The third kappa shape index (κ3) is 6.63. The van der Waals surface area contributed by atoms with E-state index in [2.05, 4.69) is 10.6 Å². The minimum atomic E-state index is -4.38. The van der Waals surface area contributed by atoms with Crippen molar-refractivity contribution in [2.24, 2.45) is 5.84 Å². The van der Waals surface area contributed by atoms with Crippen LogP contribution in [0.4, 0.5) is 29.3 Å². The number of nitrogens with one attached hydrogen (secondary N) is 3. The molecule has 5 N–H and O–H groups in total. The third-order valence-electron chi connectivity index (χ3n) is 4.87. The Morgan fingerprint density at radius 1 is 0.971 bits per heavy atom. The Morgan fingerprint density at radius 2 is 1.59 bits per heavy atom. The van der Waals surface area contributed by atoms with Crippen molar-refractivity contribution in [1.82, 2.24) is 5.43 Å². The fourth-order valence-corrected chi connectivity index (χ4v) is 3.51. The van der Waals surface area contributed by atoms with E-state index in [1.807, 2.05) is 30.3 Å². The average molecular weight is 511 g/mol. The van der Waals surface area contributed by atoms with E-state index >= 15 is 0 Å². The zero-order valence-corrected chi connectivity index (χ0v) is 18.9. The van der Waals surface area contributed by atoms with Gasteiger partial charge in [0.2, 0.25) is 0 Å². The molecule has 178 valence electrons. The van der Waals surface area contributed by atoms with Gasteiger partial charge in [0.25, 0.3) is 0 Å². The van der Waals surface area contributed by atoms with E-state index in [0.717, 1.165) is 35.5 Å². The molecule has 3 aromatic rings. The van der Waals surface area contributed by atoms with Crippen LogP contribution in [0.25, 0.3) is 0 Å². The summed E-state index contributed by atoms with van der Waals surface area (Å²) in [5.74, 6) is 4.88. The van der Waals surface area contributed by atoms with Crippen LogP contribution in [0, 0.1) is 0 Å². The van der Waals surface area contributed by atoms with Crippen molar-refractivity contribution >= 4 is 46.4 Å². The lowest BCUT2D eigenvalue weighted by Gasteiger charge is -2.26. The first-order chi connectivity index (χ1) is 16.1. The van der Waals surface area contributed by atoms with Gasteiger partial charge in [0.05, 0.1) is 11.6 Å². The number of anilines is 2. The zero-order chi connectivity index (χ0) is 24.9. The van der Waals surface area contributed by atoms with Gasteiger partial charge in [-0.05, 0) is 60.2 Å². The molecule has 2 amide bonds. The number of hydrazine groups is 1. The molecule has 0 aromatic heterocycles. The van der Waals surface area contributed by atoms with Crippen LogP contribution in [0.15, 0.2) is 66.7 Å². The number of Topliss-reactive ketones (excluding diaryl/α,β-unsaturated/α-hetero) is 1. The number of carbonyl (C=O) groups excluding carboxylic acids is 2. The topological polar surface area (TPSA) is 96.2 Å². The average Bonchev–Trinajstić information content (AvgIpc) is 2.80. The predicted octanol–water partition coefficient (Wildman–Crippen LogP) is 6.43. The first kappa shape index (κ1) is 25.4. The summed E-state index contributed by atoms with van der Waals surface area (Å²) in [7, 11) is 0. The summed E-state index contributed by atoms with van der Waals surface area (Å²) in [5.41, 5.74) is 3.79. The number of hydrogen-bond acceptors (Lipinski definition) is 4. The second-order valence-corrected chi connectivity index (χ2v) is 8.11. The molecule has 0 saturated carbocycles. The van der Waals surface area contributed by atoms with E-state index < -0.39 is 17.8 Å². The smallest absolute Gasteiger partial charge is 0.377 e. The van der Waals surface area contributed by atoms with Gasteiger partial charge in [-0.2, -0.15) is 13.2 Å². The number of benzene rings is 3. The number of hydrogen-bond donors (Lipinski definition) is 4. The number of halogens is 5. The van der Waals surface area contributed by atoms with Crippen LogP contribution in [0.1, 0.15) is 33.9 Å². The van der Waals surface area contributed by atoms with Gasteiger partial charge in [0.1, 0.15) is 0 Å². The van der Waals surface area contributed by atoms with Crippen LogP contribution < -0.4 is 21.9 Å². The molecule has 0 bridgehead atoms. The molecule has 4 rings (SSSR count). The number of fused-ring (bicyclic) bond motifs is 1. The SMILES string of the molecule is NNC(=O)Nc1ccc(C(F)(F)F)cc1.O=C1CC(c2ccc(Cl)cc2)Nc2ccc(Cl)cc21. The van der Waals surface area contributed by atoms with Crippen molar-refractivity contribution in [1.29, 1.82) is 0 Å². The van der Waals surface area contributed by atoms with Crippen LogP contribution in [0.3, 0.4) is 0 Å². The molecule has 0 aliphatic carbocycles. The molecule has 0 fully saturated rings. The number of alkyl halides is 3. The predicted molar refractivity (Wildman–Crippen MR) is 126 cm³/mol. The fraction of sp³-hybridized carbons (Fsp3) is 0.130. The summed E-state index contributed by atoms with van der Waals surface area (Å²) in [6.45, 7) is 0. The molecule has 0 spiro atoms. The molecule has 0 saturated heterocycles. The molecule has 1 aliphatic rings. The van der Waals surface area contributed by atoms with Crippen molar-refractivity contribution in [3.63, 3.8) is 0 Å². The number of ketones is 1. The summed E-state index contributed by atoms with van der Waals surface area (Å²) in [6, 6.07) is 16.2. The summed E-state index contributed by atoms with van der Waals surface area (Å²) in [6.07, 6.45) is -3.95. The maximum absolute atomic E-state index is 12.2. The number of rotatable bonds is 2. The molecule has 0 radical (unpaired) electrons. The van der Waals surface area contributed by atoms with Gasteiger partial charge in [-0.1, -0.05) is 35.3 Å². The van der Waals surface area contributed by atoms with E-state index in [0.29, 0.717) is 22.0 Å². The molecule has 1 atom stereocenters. The molecular weight excluding hydrogens is 492 g/mol. The highest BCUT2D eigenvalue weighted by Gasteiger charge is 2.30. The largest absolute Gasteiger partial charge is 0.416 e. The molecule has 1 heterocycles. The number of carbonyl (C=O) groups is 2. The first-order valence-corrected chi connectivity index (χ1v) is 10.6. The number of amides is 2. The lowest BCUT2D eigenvalue weighted by Crippen LogP contribution is -2.34. The highest BCUT2D eigenvalue weighted by molar-refractivity contribution is 6.31. The highest BCUT2D eigenvalue weighted by atomic mass is 35.5. The second-order valence-electron chi connectivity index (χ2n) is 7.24. The first-order valence-electron chi connectivity index (χ1n) is 9.86. The number of urea groups is 1. The van der Waals surface area contributed by atoms with Crippen LogP contribution in [-0.4, -0.2) is 11.8 Å². The molecule has 11 heteroatoms. The van der Waals surface area contributed by atoms with Gasteiger partial charge in [-0.15, -0.1) is 0 Å². The maximum Gasteiger partial charge on any atom is 0.416 e. The lowest BCUT2D eigenvalue weighted by atomic mass is 9.92. The van der Waals surface area contributed by atoms with Crippen LogP contribution in [0.2, 0.25) is 10.0 Å². The minimum absolute atomic E-state index is 0.0153. The Kier molecular flexibility index (Phi) is 8.03. The van der Waals surface area contributed by atoms with Gasteiger partial charge >= 0.3 is 12.2 Å². The van der Waals surface area contributed by atoms with E-state index in [1.54, 1.807) is 17.6 Å². The fourth-order valence-electron chi connectivity index (χ4n) is 3.21. The van der Waals surface area contributed by atoms with Crippen molar-refractivity contribution in [3.8, 4) is 0 Å². The van der Waals surface area contributed by atoms with Crippen LogP contribution >= 0.6 is 23.2 Å². The maximum atomic E-state index is 12.2. The van der Waals surface area contributed by atoms with Crippen LogP contribution in [0.5, 0.6) is 0 Å². The molecule has 6 nitrogen and oxygen atoms in total. The van der Waals surface area contributed by atoms with E-state index in [9.17, 15) is 22.8 Å². The lowest BCUT2D eigenvalue weighted by molar-refractivity contribution is -0.137. The molecule has 1 aliphatic heterocycles. The molecular formula is C23H19Cl2F3N4O2. The van der Waals surface area contributed by atoms with Crippen molar-refractivity contribution < 1.29 is 22.8 Å². The van der Waals surface area contributed by atoms with E-state index in [1.165, 1.54) is 0 Å². The highest BCUT2D eigenvalue weighted by Crippen LogP contribution is 2.34. The van der Waals surface area contributed by atoms with Crippen molar-refractivity contribution in [2.75, 3.05) is 10.6 Å². The Labute approximate surface area is 203 Å². The zero-order valence-electron chi connectivity index (χ0n) is 17.4. The van der Waals surface area contributed by atoms with Gasteiger partial charge in [-0.3, -0.25) is 10.2 Å². The van der Waals surface area contributed by atoms with Gasteiger partial charge in [0, 0.05) is 33.4 Å². The number of nitrogens with two attached hydrogens (primary N) is 1. The third-order valence-corrected chi connectivity index (χ3v) is 5.36. The van der Waals surface area contributed by atoms with Gasteiger partial charge < -0.3 is 10.6 Å². The summed E-state index contributed by atoms with van der Waals surface area (Å²) in [4.78, 5) is 22.9. The van der Waals surface area contributed by atoms with Crippen molar-refractivity contribution in [3.05, 3.63) is 93.5 Å². The monoisotopic (exact) mass is 510 g/mol. The Hall–Kier alpha value is -3.27. The van der Waals surface area contributed by atoms with Crippen LogP contribution in [-0.2, 0) is 6.18 Å². The molecule has 3 aromatic carbocycles. The molecule has 34 heavy (non-hydrogen) atoms. The minimum Gasteiger partial charge on any atom is -0.377 e. The van der Waals surface area contributed by atoms with Crippen molar-refractivity contribution in [2.45, 2.75) is 18.6 Å². The summed E-state index contributed by atoms with van der Waals surface area (Å²) < 4.78 is 36.4. The van der Waals surface area contributed by atoms with Gasteiger partial charge in [-0.25, -0.2) is 10.6 Å². The quantitative estimate of drug-likeness (QED) is 0.181. The standard InChI is InChI=1S/C15H11Cl2NO.C8H8F3N3O/c16-10-3-1-9(2-4-10)14-8-15(19)12-7-11(17)5-6-13(12)18-14;9-8(10,11)5-1-3-6(4-2-5)13-7(15)14-12/h1-7,14,18H,8H2;1-4H,12H2,(H2,13,14,15). The Balaban J connectivity index is 0.000000197. The normalized spacial score (nSPS) is 14.8. The Morgan fingerprint density at radius 3 is 2.18 bits per heavy atom. The van der Waals surface area contributed by atoms with Gasteiger partial charge in [0.15, 0.2) is 5.78 Å². The second kappa shape index (κ2) is 10.8. The molecule has 1 unspecified atom stereocenters. The van der Waals surface area contributed by atoms with E-state index in [4.69, 9.17) is 29.0 Å². The van der Waals surface area contributed by atoms with E-state index in [-0.39, 0.29) is 17.5 Å². The summed E-state index contributed by atoms with van der Waals surface area (Å²) >= 11 is 11.8. The summed E-state index contributed by atoms with van der Waals surface area (Å²) in [5, 5.41) is 6.87.